The molecule has 0 saturated carbocycles. The number of halogens is 1. The number of anilines is 1. The number of carbonyl (C=O) groups excluding carboxylic acids is 2. The number of non-ortho nitro benzene ring substituents is 1. The van der Waals surface area contributed by atoms with Crippen molar-refractivity contribution < 1.29 is 19.2 Å². The Bertz CT molecular complexity index is 824. The Morgan fingerprint density at radius 3 is 2.50 bits per heavy atom. The average Bonchev–Trinajstić information content (AvgIpc) is 2.61. The van der Waals surface area contributed by atoms with Gasteiger partial charge >= 0.3 is 0 Å². The molecule has 2 N–H and O–H groups in total. The molecule has 2 amide bonds. The number of nitro benzene ring substituents is 1. The minimum absolute atomic E-state index is 0.133. The second kappa shape index (κ2) is 8.82. The molecule has 2 aromatic rings. The minimum atomic E-state index is -0.551. The number of amides is 2. The minimum Gasteiger partial charge on any atom is -0.484 e. The summed E-state index contributed by atoms with van der Waals surface area (Å²) in [4.78, 5) is 33.9. The summed E-state index contributed by atoms with van der Waals surface area (Å²) in [5.41, 5.74) is 0.850. The van der Waals surface area contributed by atoms with Crippen molar-refractivity contribution in [3.05, 3.63) is 63.2 Å². The van der Waals surface area contributed by atoms with E-state index in [1.807, 2.05) is 0 Å². The summed E-state index contributed by atoms with van der Waals surface area (Å²) in [6, 6.07) is 10.6. The molecule has 0 bridgehead atoms. The van der Waals surface area contributed by atoms with Gasteiger partial charge in [0.2, 0.25) is 5.91 Å². The maximum absolute atomic E-state index is 11.9. The van der Waals surface area contributed by atoms with E-state index in [0.717, 1.165) is 0 Å². The molecule has 26 heavy (non-hydrogen) atoms. The topological polar surface area (TPSA) is 111 Å². The van der Waals surface area contributed by atoms with Gasteiger partial charge in [-0.2, -0.15) is 0 Å². The predicted molar refractivity (Wildman–Crippen MR) is 96.4 cm³/mol. The Kier molecular flexibility index (Phi) is 6.51. The summed E-state index contributed by atoms with van der Waals surface area (Å²) in [7, 11) is 0. The standard InChI is InChI=1S/C17H16ClN3O5/c1-11-2-5-13(21(24)25)8-15(11)20-16(22)9-19-17(23)10-26-14-6-3-12(18)4-7-14/h2-8H,9-10H2,1H3,(H,19,23)(H,20,22). The Morgan fingerprint density at radius 2 is 1.85 bits per heavy atom. The van der Waals surface area contributed by atoms with Crippen LogP contribution in [0.15, 0.2) is 42.5 Å². The third-order valence-corrected chi connectivity index (χ3v) is 3.59. The molecule has 0 spiro atoms. The smallest absolute Gasteiger partial charge is 0.271 e. The first-order valence-corrected chi connectivity index (χ1v) is 7.93. The molecular formula is C17H16ClN3O5. The molecule has 2 aromatic carbocycles. The van der Waals surface area contributed by atoms with Gasteiger partial charge in [0, 0.05) is 17.2 Å². The number of rotatable bonds is 7. The van der Waals surface area contributed by atoms with Gasteiger partial charge in [0.25, 0.3) is 11.6 Å². The summed E-state index contributed by atoms with van der Waals surface area (Å²) >= 11 is 5.75. The lowest BCUT2D eigenvalue weighted by Gasteiger charge is -2.10. The molecule has 0 fully saturated rings. The van der Waals surface area contributed by atoms with E-state index in [9.17, 15) is 19.7 Å². The first-order chi connectivity index (χ1) is 12.3. The summed E-state index contributed by atoms with van der Waals surface area (Å²) < 4.78 is 5.26. The fourth-order valence-corrected chi connectivity index (χ4v) is 2.09. The van der Waals surface area contributed by atoms with Crippen molar-refractivity contribution in [1.82, 2.24) is 5.32 Å². The molecule has 0 atom stereocenters. The molecule has 0 saturated heterocycles. The number of carbonyl (C=O) groups is 2. The molecule has 0 aliphatic carbocycles. The Balaban J connectivity index is 1.81. The molecule has 0 aromatic heterocycles. The van der Waals surface area contributed by atoms with Crippen LogP contribution in [0.2, 0.25) is 5.02 Å². The lowest BCUT2D eigenvalue weighted by molar-refractivity contribution is -0.384. The summed E-state index contributed by atoms with van der Waals surface area (Å²) in [5.74, 6) is -0.513. The lowest BCUT2D eigenvalue weighted by atomic mass is 10.2. The molecule has 0 unspecified atom stereocenters. The van der Waals surface area contributed by atoms with Crippen LogP contribution in [0.1, 0.15) is 5.56 Å². The lowest BCUT2D eigenvalue weighted by Crippen LogP contribution is -2.35. The van der Waals surface area contributed by atoms with Crippen molar-refractivity contribution in [2.45, 2.75) is 6.92 Å². The summed E-state index contributed by atoms with van der Waals surface area (Å²) in [6.45, 7) is 1.16. The zero-order valence-electron chi connectivity index (χ0n) is 13.8. The molecule has 8 nitrogen and oxygen atoms in total. The number of nitrogens with one attached hydrogen (secondary N) is 2. The molecule has 0 aliphatic heterocycles. The summed E-state index contributed by atoms with van der Waals surface area (Å²) in [6.07, 6.45) is 0. The number of nitrogens with zero attached hydrogens (tertiary/aromatic N) is 1. The van der Waals surface area contributed by atoms with Crippen LogP contribution >= 0.6 is 11.6 Å². The second-order valence-corrected chi connectivity index (χ2v) is 5.76. The number of hydrogen-bond acceptors (Lipinski definition) is 5. The second-order valence-electron chi connectivity index (χ2n) is 5.32. The van der Waals surface area contributed by atoms with Crippen molar-refractivity contribution in [2.75, 3.05) is 18.5 Å². The Labute approximate surface area is 154 Å². The average molecular weight is 378 g/mol. The maximum Gasteiger partial charge on any atom is 0.271 e. The van der Waals surface area contributed by atoms with Crippen LogP contribution in [0.25, 0.3) is 0 Å². The number of nitro groups is 1. The molecule has 9 heteroatoms. The quantitative estimate of drug-likeness (QED) is 0.569. The van der Waals surface area contributed by atoms with Crippen molar-refractivity contribution in [3.8, 4) is 5.75 Å². The highest BCUT2D eigenvalue weighted by Crippen LogP contribution is 2.21. The molecule has 0 aliphatic rings. The van der Waals surface area contributed by atoms with Crippen LogP contribution in [-0.4, -0.2) is 29.9 Å². The van der Waals surface area contributed by atoms with Crippen LogP contribution in [0.4, 0.5) is 11.4 Å². The molecule has 0 heterocycles. The van der Waals surface area contributed by atoms with E-state index in [2.05, 4.69) is 10.6 Å². The van der Waals surface area contributed by atoms with Crippen molar-refractivity contribution in [3.63, 3.8) is 0 Å². The van der Waals surface area contributed by atoms with Gasteiger partial charge in [0.05, 0.1) is 17.2 Å². The monoisotopic (exact) mass is 377 g/mol. The van der Waals surface area contributed by atoms with E-state index in [1.165, 1.54) is 18.2 Å². The molecule has 0 radical (unpaired) electrons. The van der Waals surface area contributed by atoms with Crippen molar-refractivity contribution >= 4 is 34.8 Å². The van der Waals surface area contributed by atoms with Gasteiger partial charge < -0.3 is 15.4 Å². The maximum atomic E-state index is 11.9. The zero-order valence-corrected chi connectivity index (χ0v) is 14.6. The van der Waals surface area contributed by atoms with Gasteiger partial charge in [-0.15, -0.1) is 0 Å². The van der Waals surface area contributed by atoms with E-state index in [0.29, 0.717) is 22.0 Å². The van der Waals surface area contributed by atoms with Crippen LogP contribution in [0.5, 0.6) is 5.75 Å². The first-order valence-electron chi connectivity index (χ1n) is 7.55. The number of aryl methyl sites for hydroxylation is 1. The van der Waals surface area contributed by atoms with E-state index in [1.54, 1.807) is 31.2 Å². The van der Waals surface area contributed by atoms with Gasteiger partial charge in [0.1, 0.15) is 5.75 Å². The Morgan fingerprint density at radius 1 is 1.15 bits per heavy atom. The van der Waals surface area contributed by atoms with E-state index < -0.39 is 16.7 Å². The molecular weight excluding hydrogens is 362 g/mol. The third kappa shape index (κ3) is 5.75. The highest BCUT2D eigenvalue weighted by atomic mass is 35.5. The van der Waals surface area contributed by atoms with E-state index in [4.69, 9.17) is 16.3 Å². The highest BCUT2D eigenvalue weighted by Gasteiger charge is 2.12. The highest BCUT2D eigenvalue weighted by molar-refractivity contribution is 6.30. The Hall–Kier alpha value is -3.13. The van der Waals surface area contributed by atoms with Crippen molar-refractivity contribution in [1.29, 1.82) is 0 Å². The van der Waals surface area contributed by atoms with Crippen LogP contribution < -0.4 is 15.4 Å². The fraction of sp³-hybridized carbons (Fsp3) is 0.176. The number of hydrogen-bond donors (Lipinski definition) is 2. The van der Waals surface area contributed by atoms with Gasteiger partial charge in [-0.05, 0) is 36.8 Å². The fourth-order valence-electron chi connectivity index (χ4n) is 1.96. The normalized spacial score (nSPS) is 10.1. The van der Waals surface area contributed by atoms with Gasteiger partial charge in [-0.3, -0.25) is 19.7 Å². The van der Waals surface area contributed by atoms with Crippen LogP contribution in [0, 0.1) is 17.0 Å². The van der Waals surface area contributed by atoms with E-state index >= 15 is 0 Å². The molecule has 136 valence electrons. The van der Waals surface area contributed by atoms with Crippen molar-refractivity contribution in [2.24, 2.45) is 0 Å². The largest absolute Gasteiger partial charge is 0.484 e. The number of ether oxygens (including phenoxy) is 1. The predicted octanol–water partition coefficient (Wildman–Crippen LogP) is 2.69. The van der Waals surface area contributed by atoms with Crippen LogP contribution in [0.3, 0.4) is 0 Å². The SMILES string of the molecule is Cc1ccc([N+](=O)[O-])cc1NC(=O)CNC(=O)COc1ccc(Cl)cc1. The van der Waals surface area contributed by atoms with Gasteiger partial charge in [0.15, 0.2) is 6.61 Å². The zero-order chi connectivity index (χ0) is 19.1. The number of benzene rings is 2. The first kappa shape index (κ1) is 19.2. The van der Waals surface area contributed by atoms with Gasteiger partial charge in [-0.25, -0.2) is 0 Å². The summed E-state index contributed by atoms with van der Waals surface area (Å²) in [5, 5.41) is 16.3. The van der Waals surface area contributed by atoms with E-state index in [-0.39, 0.29) is 18.8 Å². The van der Waals surface area contributed by atoms with Crippen LogP contribution in [-0.2, 0) is 9.59 Å². The molecule has 2 rings (SSSR count). The van der Waals surface area contributed by atoms with Gasteiger partial charge in [-0.1, -0.05) is 17.7 Å². The third-order valence-electron chi connectivity index (χ3n) is 3.34.